The van der Waals surface area contributed by atoms with Gasteiger partial charge in [0.05, 0.1) is 17.6 Å². The Hall–Kier alpha value is -3.31. The molecule has 0 spiro atoms. The summed E-state index contributed by atoms with van der Waals surface area (Å²) in [5, 5.41) is 3.74. The van der Waals surface area contributed by atoms with Gasteiger partial charge in [-0.05, 0) is 67.8 Å². The first kappa shape index (κ1) is 22.9. The molecule has 6 heteroatoms. The summed E-state index contributed by atoms with van der Waals surface area (Å²) >= 11 is 6.09. The van der Waals surface area contributed by atoms with Gasteiger partial charge in [-0.1, -0.05) is 41.9 Å². The van der Waals surface area contributed by atoms with Gasteiger partial charge in [-0.15, -0.1) is 0 Å². The number of nitrogens with one attached hydrogen (secondary N) is 1. The van der Waals surface area contributed by atoms with Gasteiger partial charge in [-0.3, -0.25) is 4.79 Å². The molecule has 170 valence electrons. The summed E-state index contributed by atoms with van der Waals surface area (Å²) in [7, 11) is 0. The Morgan fingerprint density at radius 1 is 1.03 bits per heavy atom. The van der Waals surface area contributed by atoms with Crippen LogP contribution in [0.25, 0.3) is 11.0 Å². The molecule has 1 N–H and O–H groups in total. The first-order valence-corrected chi connectivity index (χ1v) is 11.7. The largest absolute Gasteiger partial charge is 0.494 e. The second-order valence-electron chi connectivity index (χ2n) is 8.01. The number of rotatable bonds is 10. The van der Waals surface area contributed by atoms with Crippen LogP contribution in [-0.2, 0) is 13.0 Å². The molecule has 0 radical (unpaired) electrons. The highest BCUT2D eigenvalue weighted by Crippen LogP contribution is 2.22. The molecule has 0 fully saturated rings. The van der Waals surface area contributed by atoms with Crippen molar-refractivity contribution in [2.45, 2.75) is 32.7 Å². The average molecular weight is 462 g/mol. The minimum Gasteiger partial charge on any atom is -0.494 e. The van der Waals surface area contributed by atoms with Crippen molar-refractivity contribution in [3.8, 4) is 5.75 Å². The monoisotopic (exact) mass is 461 g/mol. The van der Waals surface area contributed by atoms with Gasteiger partial charge in [0.15, 0.2) is 0 Å². The number of imidazole rings is 1. The Morgan fingerprint density at radius 2 is 1.82 bits per heavy atom. The van der Waals surface area contributed by atoms with Crippen LogP contribution in [0.3, 0.4) is 0 Å². The molecule has 33 heavy (non-hydrogen) atoms. The van der Waals surface area contributed by atoms with E-state index in [1.165, 1.54) is 0 Å². The Balaban J connectivity index is 1.33. The highest BCUT2D eigenvalue weighted by atomic mass is 35.5. The lowest BCUT2D eigenvalue weighted by atomic mass is 10.2. The van der Waals surface area contributed by atoms with Gasteiger partial charge in [-0.2, -0.15) is 0 Å². The number of para-hydroxylation sites is 2. The van der Waals surface area contributed by atoms with E-state index in [4.69, 9.17) is 21.3 Å². The van der Waals surface area contributed by atoms with E-state index in [2.05, 4.69) is 16.0 Å². The number of carbonyl (C=O) groups is 1. The SMILES string of the molecule is Cc1cc(OCCCn2c(CCCNC(=O)c3ccccc3)nc3ccccc32)ccc1Cl. The van der Waals surface area contributed by atoms with Crippen molar-refractivity contribution in [1.82, 2.24) is 14.9 Å². The number of halogens is 1. The summed E-state index contributed by atoms with van der Waals surface area (Å²) in [6, 6.07) is 23.2. The number of aryl methyl sites for hydroxylation is 3. The molecule has 0 saturated carbocycles. The van der Waals surface area contributed by atoms with E-state index in [-0.39, 0.29) is 5.91 Å². The Kier molecular flexibility index (Phi) is 7.63. The van der Waals surface area contributed by atoms with Gasteiger partial charge in [0.1, 0.15) is 11.6 Å². The number of benzene rings is 3. The third kappa shape index (κ3) is 5.93. The predicted octanol–water partition coefficient (Wildman–Crippen LogP) is 5.83. The van der Waals surface area contributed by atoms with Crippen molar-refractivity contribution in [2.75, 3.05) is 13.2 Å². The summed E-state index contributed by atoms with van der Waals surface area (Å²) in [6.45, 7) is 4.01. The molecule has 0 bridgehead atoms. The lowest BCUT2D eigenvalue weighted by Crippen LogP contribution is -2.24. The fourth-order valence-corrected chi connectivity index (χ4v) is 3.94. The molecule has 4 rings (SSSR count). The number of amides is 1. The average Bonchev–Trinajstić information content (AvgIpc) is 3.19. The molecule has 1 heterocycles. The lowest BCUT2D eigenvalue weighted by Gasteiger charge is -2.11. The lowest BCUT2D eigenvalue weighted by molar-refractivity contribution is 0.0953. The highest BCUT2D eigenvalue weighted by Gasteiger charge is 2.11. The van der Waals surface area contributed by atoms with E-state index in [0.29, 0.717) is 18.7 Å². The fraction of sp³-hybridized carbons (Fsp3) is 0.259. The normalized spacial score (nSPS) is 11.0. The molecule has 0 saturated heterocycles. The van der Waals surface area contributed by atoms with Gasteiger partial charge in [0.2, 0.25) is 0 Å². The second-order valence-corrected chi connectivity index (χ2v) is 8.41. The number of aromatic nitrogens is 2. The van der Waals surface area contributed by atoms with Crippen molar-refractivity contribution in [2.24, 2.45) is 0 Å². The summed E-state index contributed by atoms with van der Waals surface area (Å²) in [5.74, 6) is 1.83. The third-order valence-corrected chi connectivity index (χ3v) is 5.98. The van der Waals surface area contributed by atoms with Gasteiger partial charge < -0.3 is 14.6 Å². The molecule has 0 aliphatic carbocycles. The van der Waals surface area contributed by atoms with Crippen LogP contribution in [0.5, 0.6) is 5.75 Å². The zero-order chi connectivity index (χ0) is 23.0. The first-order chi connectivity index (χ1) is 16.1. The zero-order valence-electron chi connectivity index (χ0n) is 18.8. The maximum Gasteiger partial charge on any atom is 0.251 e. The van der Waals surface area contributed by atoms with Crippen molar-refractivity contribution in [3.63, 3.8) is 0 Å². The van der Waals surface area contributed by atoms with Crippen molar-refractivity contribution < 1.29 is 9.53 Å². The van der Waals surface area contributed by atoms with Crippen LogP contribution >= 0.6 is 11.6 Å². The highest BCUT2D eigenvalue weighted by molar-refractivity contribution is 6.31. The van der Waals surface area contributed by atoms with Crippen LogP contribution in [0, 0.1) is 6.92 Å². The van der Waals surface area contributed by atoms with Gasteiger partial charge in [-0.25, -0.2) is 4.98 Å². The number of ether oxygens (including phenoxy) is 1. The number of fused-ring (bicyclic) bond motifs is 1. The molecule has 0 unspecified atom stereocenters. The number of hydrogen-bond acceptors (Lipinski definition) is 3. The standard InChI is InChI=1S/C27H28ClN3O2/c1-20-19-22(14-15-23(20)28)33-18-8-17-31-25-12-6-5-11-24(25)30-26(31)13-7-16-29-27(32)21-9-3-2-4-10-21/h2-6,9-12,14-15,19H,7-8,13,16-18H2,1H3,(H,29,32). The van der Waals surface area contributed by atoms with Gasteiger partial charge >= 0.3 is 0 Å². The molecule has 4 aromatic rings. The smallest absolute Gasteiger partial charge is 0.251 e. The summed E-state index contributed by atoms with van der Waals surface area (Å²) in [6.07, 6.45) is 2.48. The van der Waals surface area contributed by atoms with Crippen molar-refractivity contribution in [3.05, 3.63) is 94.8 Å². The second kappa shape index (κ2) is 11.0. The zero-order valence-corrected chi connectivity index (χ0v) is 19.5. The van der Waals surface area contributed by atoms with E-state index in [1.54, 1.807) is 0 Å². The van der Waals surface area contributed by atoms with Crippen LogP contribution in [0.15, 0.2) is 72.8 Å². The predicted molar refractivity (Wildman–Crippen MR) is 133 cm³/mol. The maximum absolute atomic E-state index is 12.2. The molecule has 1 amide bonds. The van der Waals surface area contributed by atoms with E-state index in [0.717, 1.165) is 59.0 Å². The number of hydrogen-bond donors (Lipinski definition) is 1. The Morgan fingerprint density at radius 3 is 2.64 bits per heavy atom. The third-order valence-electron chi connectivity index (χ3n) is 5.56. The fourth-order valence-electron chi connectivity index (χ4n) is 3.83. The first-order valence-electron chi connectivity index (χ1n) is 11.3. The molecule has 0 atom stereocenters. The number of carbonyl (C=O) groups excluding carboxylic acids is 1. The maximum atomic E-state index is 12.2. The van der Waals surface area contributed by atoms with Crippen LogP contribution in [0.1, 0.15) is 34.6 Å². The van der Waals surface area contributed by atoms with E-state index >= 15 is 0 Å². The molecule has 3 aromatic carbocycles. The van der Waals surface area contributed by atoms with Gasteiger partial charge in [0, 0.05) is 30.1 Å². The number of nitrogens with zero attached hydrogens (tertiary/aromatic N) is 2. The molecular formula is C27H28ClN3O2. The molecular weight excluding hydrogens is 434 g/mol. The molecule has 5 nitrogen and oxygen atoms in total. The summed E-state index contributed by atoms with van der Waals surface area (Å²) in [4.78, 5) is 17.1. The van der Waals surface area contributed by atoms with E-state index in [9.17, 15) is 4.79 Å². The van der Waals surface area contributed by atoms with Crippen molar-refractivity contribution >= 4 is 28.5 Å². The van der Waals surface area contributed by atoms with Gasteiger partial charge in [0.25, 0.3) is 5.91 Å². The quantitative estimate of drug-likeness (QED) is 0.302. The summed E-state index contributed by atoms with van der Waals surface area (Å²) < 4.78 is 8.19. The molecule has 1 aromatic heterocycles. The van der Waals surface area contributed by atoms with Crippen LogP contribution in [-0.4, -0.2) is 28.6 Å². The molecule has 0 aliphatic rings. The Labute approximate surface area is 199 Å². The van der Waals surface area contributed by atoms with E-state index in [1.807, 2.05) is 73.7 Å². The van der Waals surface area contributed by atoms with Crippen LogP contribution in [0.2, 0.25) is 5.02 Å². The van der Waals surface area contributed by atoms with Crippen LogP contribution in [0.4, 0.5) is 0 Å². The summed E-state index contributed by atoms with van der Waals surface area (Å²) in [5.41, 5.74) is 3.82. The minimum absolute atomic E-state index is 0.0429. The molecule has 0 aliphatic heterocycles. The van der Waals surface area contributed by atoms with Crippen LogP contribution < -0.4 is 10.1 Å². The van der Waals surface area contributed by atoms with Crippen molar-refractivity contribution in [1.29, 1.82) is 0 Å². The topological polar surface area (TPSA) is 56.1 Å². The minimum atomic E-state index is -0.0429. The Bertz CT molecular complexity index is 1220. The van der Waals surface area contributed by atoms with E-state index < -0.39 is 0 Å².